The van der Waals surface area contributed by atoms with Gasteiger partial charge in [-0.15, -0.1) is 6.58 Å². The van der Waals surface area contributed by atoms with Gasteiger partial charge in [-0.3, -0.25) is 9.36 Å². The Bertz CT molecular complexity index is 735. The van der Waals surface area contributed by atoms with Crippen LogP contribution >= 0.6 is 7.60 Å². The molecule has 0 aliphatic heterocycles. The summed E-state index contributed by atoms with van der Waals surface area (Å²) in [7, 11) is -4.95. The first-order chi connectivity index (χ1) is 13.0. The van der Waals surface area contributed by atoms with E-state index in [4.69, 9.17) is 14.6 Å². The molecule has 29 heavy (non-hydrogen) atoms. The topological polar surface area (TPSA) is 113 Å². The van der Waals surface area contributed by atoms with Gasteiger partial charge in [-0.25, -0.2) is 0 Å². The molecule has 0 aliphatic carbocycles. The number of carboxylic acid groups (broad SMARTS) is 1. The first kappa shape index (κ1) is 25.5. The average Bonchev–Trinajstić information content (AvgIpc) is 2.50. The van der Waals surface area contributed by atoms with Gasteiger partial charge in [-0.1, -0.05) is 30.3 Å². The number of hydrogen-bond acceptors (Lipinski definition) is 4. The van der Waals surface area contributed by atoms with E-state index < -0.39 is 30.3 Å². The number of aliphatic carboxylic acids is 1. The average molecular weight is 428 g/mol. The zero-order valence-electron chi connectivity index (χ0n) is 18.0. The Morgan fingerprint density at radius 1 is 1.07 bits per heavy atom. The van der Waals surface area contributed by atoms with E-state index in [0.29, 0.717) is 6.42 Å². The number of hydrogen-bond donors (Lipinski definition) is 3. The van der Waals surface area contributed by atoms with Gasteiger partial charge in [0.1, 0.15) is 0 Å². The summed E-state index contributed by atoms with van der Waals surface area (Å²) in [5.41, 5.74) is -3.25. The highest BCUT2D eigenvalue weighted by atomic mass is 31.2. The van der Waals surface area contributed by atoms with Crippen molar-refractivity contribution in [2.75, 3.05) is 0 Å². The van der Waals surface area contributed by atoms with Gasteiger partial charge in [-0.05, 0) is 59.4 Å². The van der Waals surface area contributed by atoms with Crippen LogP contribution < -0.4 is 0 Å². The normalized spacial score (nSPS) is 14.5. The van der Waals surface area contributed by atoms with Crippen molar-refractivity contribution in [1.29, 1.82) is 0 Å². The number of ether oxygens (including phenoxy) is 2. The molecule has 1 rings (SSSR count). The maximum absolute atomic E-state index is 12.6. The van der Waals surface area contributed by atoms with Crippen molar-refractivity contribution in [3.63, 3.8) is 0 Å². The molecule has 0 saturated carbocycles. The first-order valence-electron chi connectivity index (χ1n) is 9.40. The van der Waals surface area contributed by atoms with Gasteiger partial charge in [-0.2, -0.15) is 0 Å². The fourth-order valence-corrected chi connectivity index (χ4v) is 4.24. The molecule has 0 heterocycles. The van der Waals surface area contributed by atoms with Crippen LogP contribution in [-0.2, 0) is 24.4 Å². The molecule has 7 nitrogen and oxygen atoms in total. The number of carbonyl (C=O) groups is 1. The summed E-state index contributed by atoms with van der Waals surface area (Å²) in [6.45, 7) is 13.8. The molecule has 0 unspecified atom stereocenters. The maximum Gasteiger partial charge on any atom is 0.389 e. The van der Waals surface area contributed by atoms with Crippen LogP contribution in [0.1, 0.15) is 71.4 Å². The highest BCUT2D eigenvalue weighted by molar-refractivity contribution is 7.52. The minimum Gasteiger partial charge on any atom is -0.481 e. The number of carboxylic acids is 1. The van der Waals surface area contributed by atoms with Gasteiger partial charge in [0.2, 0.25) is 0 Å². The Morgan fingerprint density at radius 3 is 1.83 bits per heavy atom. The molecular weight excluding hydrogens is 395 g/mol. The predicted molar refractivity (Wildman–Crippen MR) is 112 cm³/mol. The van der Waals surface area contributed by atoms with Crippen molar-refractivity contribution in [2.45, 2.75) is 77.0 Å². The summed E-state index contributed by atoms with van der Waals surface area (Å²) in [6.07, 6.45) is 2.03. The van der Waals surface area contributed by atoms with Crippen LogP contribution in [0.3, 0.4) is 0 Å². The molecule has 8 heteroatoms. The van der Waals surface area contributed by atoms with E-state index in [2.05, 4.69) is 6.58 Å². The molecule has 0 bridgehead atoms. The Kier molecular flexibility index (Phi) is 8.02. The number of benzene rings is 1. The van der Waals surface area contributed by atoms with Crippen LogP contribution in [0.15, 0.2) is 36.9 Å². The lowest BCUT2D eigenvalue weighted by Crippen LogP contribution is -2.44. The molecule has 1 aromatic rings. The van der Waals surface area contributed by atoms with Crippen molar-refractivity contribution >= 4 is 13.6 Å². The van der Waals surface area contributed by atoms with Crippen LogP contribution in [0.25, 0.3) is 0 Å². The molecule has 0 radical (unpaired) electrons. The van der Waals surface area contributed by atoms with Gasteiger partial charge in [0.15, 0.2) is 0 Å². The van der Waals surface area contributed by atoms with E-state index in [0.717, 1.165) is 5.56 Å². The number of rotatable bonds is 9. The summed E-state index contributed by atoms with van der Waals surface area (Å²) in [6, 6.07) is 6.33. The minimum atomic E-state index is -4.95. The summed E-state index contributed by atoms with van der Waals surface area (Å²) in [5.74, 6) is -1.23. The molecule has 0 spiro atoms. The summed E-state index contributed by atoms with van der Waals surface area (Å²) in [4.78, 5) is 31.7. The highest BCUT2D eigenvalue weighted by Gasteiger charge is 2.56. The minimum absolute atomic E-state index is 0.0774. The lowest BCUT2D eigenvalue weighted by Gasteiger charge is -2.43. The van der Waals surface area contributed by atoms with Crippen LogP contribution in [0.2, 0.25) is 0 Å². The van der Waals surface area contributed by atoms with Crippen LogP contribution in [0.4, 0.5) is 0 Å². The van der Waals surface area contributed by atoms with E-state index in [1.165, 1.54) is 12.1 Å². The van der Waals surface area contributed by atoms with E-state index >= 15 is 0 Å². The standard InChI is InChI=1S/C21H33O7P/c1-8-9-16(14-18(22)23)15-10-12-17(13-11-15)21(29(24,25)26,27-19(2,3)4)28-20(5,6)7/h8,10-13,16H,1,9,14H2,2-7H3,(H,22,23)(H2,24,25,26)/t16-/m0/s1. The summed E-state index contributed by atoms with van der Waals surface area (Å²) >= 11 is 0. The molecule has 1 atom stereocenters. The summed E-state index contributed by atoms with van der Waals surface area (Å²) < 4.78 is 24.4. The van der Waals surface area contributed by atoms with Gasteiger partial charge < -0.3 is 24.4 Å². The Labute approximate surface area is 172 Å². The van der Waals surface area contributed by atoms with Crippen molar-refractivity contribution in [1.82, 2.24) is 0 Å². The van der Waals surface area contributed by atoms with Crippen molar-refractivity contribution in [3.05, 3.63) is 48.0 Å². The van der Waals surface area contributed by atoms with Crippen LogP contribution in [0, 0.1) is 0 Å². The molecule has 164 valence electrons. The van der Waals surface area contributed by atoms with Crippen molar-refractivity contribution in [3.8, 4) is 0 Å². The van der Waals surface area contributed by atoms with Gasteiger partial charge in [0.05, 0.1) is 17.6 Å². The largest absolute Gasteiger partial charge is 0.481 e. The number of allylic oxidation sites excluding steroid dienone is 1. The summed E-state index contributed by atoms with van der Waals surface area (Å²) in [5, 5.41) is 9.14. The van der Waals surface area contributed by atoms with Crippen molar-refractivity contribution in [2.24, 2.45) is 0 Å². The van der Waals surface area contributed by atoms with Gasteiger partial charge >= 0.3 is 19.1 Å². The van der Waals surface area contributed by atoms with Gasteiger partial charge in [0, 0.05) is 5.56 Å². The molecule has 1 aromatic carbocycles. The van der Waals surface area contributed by atoms with Gasteiger partial charge in [0.25, 0.3) is 0 Å². The van der Waals surface area contributed by atoms with E-state index in [1.54, 1.807) is 59.8 Å². The zero-order valence-corrected chi connectivity index (χ0v) is 18.9. The monoisotopic (exact) mass is 428 g/mol. The van der Waals surface area contributed by atoms with E-state index in [1.807, 2.05) is 0 Å². The maximum atomic E-state index is 12.6. The molecule has 0 aliphatic rings. The molecular formula is C21H33O7P. The molecule has 0 aromatic heterocycles. The van der Waals surface area contributed by atoms with E-state index in [9.17, 15) is 19.1 Å². The molecule has 0 saturated heterocycles. The second-order valence-corrected chi connectivity index (χ2v) is 10.7. The first-order valence-corrected chi connectivity index (χ1v) is 11.0. The zero-order chi connectivity index (χ0) is 22.7. The third-order valence-electron chi connectivity index (χ3n) is 3.89. The van der Waals surface area contributed by atoms with Crippen LogP contribution in [-0.4, -0.2) is 32.1 Å². The fraction of sp³-hybridized carbons (Fsp3) is 0.571. The lowest BCUT2D eigenvalue weighted by atomic mass is 9.92. The second kappa shape index (κ2) is 9.11. The second-order valence-electron chi connectivity index (χ2n) is 9.00. The third kappa shape index (κ3) is 7.36. The third-order valence-corrected chi connectivity index (χ3v) is 5.10. The Balaban J connectivity index is 3.54. The molecule has 3 N–H and O–H groups in total. The quantitative estimate of drug-likeness (QED) is 0.296. The SMILES string of the molecule is C=CC[C@@H](CC(=O)O)c1ccc(C(OC(C)(C)C)(OC(C)(C)C)P(=O)(O)O)cc1. The van der Waals surface area contributed by atoms with Crippen LogP contribution in [0.5, 0.6) is 0 Å². The molecule has 0 amide bonds. The lowest BCUT2D eigenvalue weighted by molar-refractivity contribution is -0.279. The Hall–Kier alpha value is -1.50. The highest BCUT2D eigenvalue weighted by Crippen LogP contribution is 2.61. The van der Waals surface area contributed by atoms with Crippen molar-refractivity contribution < 1.29 is 33.7 Å². The smallest absolute Gasteiger partial charge is 0.389 e. The fourth-order valence-electron chi connectivity index (χ4n) is 2.97. The predicted octanol–water partition coefficient (Wildman–Crippen LogP) is 4.74. The molecule has 0 fully saturated rings. The Morgan fingerprint density at radius 2 is 1.52 bits per heavy atom. The van der Waals surface area contributed by atoms with E-state index in [-0.39, 0.29) is 17.9 Å².